The van der Waals surface area contributed by atoms with Gasteiger partial charge in [-0.15, -0.1) is 11.3 Å². The van der Waals surface area contributed by atoms with E-state index in [1.54, 1.807) is 14.2 Å². The number of hydrogen-bond donors (Lipinski definition) is 1. The molecule has 26 heavy (non-hydrogen) atoms. The number of carboxylic acids is 1. The second kappa shape index (κ2) is 7.74. The van der Waals surface area contributed by atoms with Crippen LogP contribution in [0.25, 0.3) is 10.6 Å². The van der Waals surface area contributed by atoms with Crippen molar-refractivity contribution in [3.8, 4) is 22.1 Å². The van der Waals surface area contributed by atoms with Crippen LogP contribution in [0.4, 0.5) is 0 Å². The van der Waals surface area contributed by atoms with Gasteiger partial charge in [0.1, 0.15) is 11.0 Å². The Morgan fingerprint density at radius 2 is 2.08 bits per heavy atom. The molecule has 1 atom stereocenters. The fourth-order valence-corrected chi connectivity index (χ4v) is 3.89. The first-order valence-corrected chi connectivity index (χ1v) is 9.10. The molecule has 0 aliphatic carbocycles. The third-order valence-corrected chi connectivity index (χ3v) is 5.31. The van der Waals surface area contributed by atoms with E-state index in [0.717, 1.165) is 17.0 Å². The van der Waals surface area contributed by atoms with E-state index >= 15 is 0 Å². The van der Waals surface area contributed by atoms with Gasteiger partial charge in [-0.25, -0.2) is 9.78 Å². The summed E-state index contributed by atoms with van der Waals surface area (Å²) in [7, 11) is 3.15. The number of amides is 1. The molecule has 7 nitrogen and oxygen atoms in total. The molecule has 2 aromatic rings. The van der Waals surface area contributed by atoms with Crippen LogP contribution in [0.5, 0.6) is 11.5 Å². The van der Waals surface area contributed by atoms with Gasteiger partial charge >= 0.3 is 5.97 Å². The number of carbonyl (C=O) groups excluding carboxylic acids is 1. The molecule has 1 N–H and O–H groups in total. The Hall–Kier alpha value is -2.61. The maximum atomic E-state index is 12.4. The summed E-state index contributed by atoms with van der Waals surface area (Å²) in [5.41, 5.74) is 1.51. The standard InChI is InChI=1S/C18H20N2O5S/c1-24-14-6-5-11(8-15(14)25-2)17-19-12(10-26-17)9-16(21)20-7-3-4-13(20)18(22)23/h5-6,8,10,13H,3-4,7,9H2,1-2H3,(H,22,23)/t13-/m0/s1. The highest BCUT2D eigenvalue weighted by molar-refractivity contribution is 7.13. The number of nitrogens with zero attached hydrogens (tertiary/aromatic N) is 2. The summed E-state index contributed by atoms with van der Waals surface area (Å²) in [6, 6.07) is 4.81. The molecule has 1 fully saturated rings. The Labute approximate surface area is 155 Å². The van der Waals surface area contributed by atoms with E-state index in [9.17, 15) is 14.7 Å². The van der Waals surface area contributed by atoms with Gasteiger partial charge in [0.25, 0.3) is 0 Å². The number of methoxy groups -OCH3 is 2. The molecule has 0 unspecified atom stereocenters. The lowest BCUT2D eigenvalue weighted by molar-refractivity contribution is -0.148. The zero-order valence-corrected chi connectivity index (χ0v) is 15.4. The lowest BCUT2D eigenvalue weighted by Crippen LogP contribution is -2.41. The zero-order chi connectivity index (χ0) is 18.7. The molecule has 1 aliphatic heterocycles. The van der Waals surface area contributed by atoms with Gasteiger partial charge in [-0.3, -0.25) is 4.79 Å². The van der Waals surface area contributed by atoms with Crippen LogP contribution in [-0.2, 0) is 16.0 Å². The summed E-state index contributed by atoms with van der Waals surface area (Å²) < 4.78 is 10.5. The number of thiazole rings is 1. The number of rotatable bonds is 6. The molecular formula is C18H20N2O5S. The van der Waals surface area contributed by atoms with Crippen molar-refractivity contribution < 1.29 is 24.2 Å². The summed E-state index contributed by atoms with van der Waals surface area (Å²) in [5, 5.41) is 11.8. The van der Waals surface area contributed by atoms with Crippen molar-refractivity contribution in [2.24, 2.45) is 0 Å². The molecule has 0 radical (unpaired) electrons. The van der Waals surface area contributed by atoms with Crippen LogP contribution in [0.2, 0.25) is 0 Å². The number of ether oxygens (including phenoxy) is 2. The Balaban J connectivity index is 1.74. The number of aliphatic carboxylic acids is 1. The number of hydrogen-bond acceptors (Lipinski definition) is 6. The SMILES string of the molecule is COc1ccc(-c2nc(CC(=O)N3CCC[C@H]3C(=O)O)cs2)cc1OC. The molecule has 2 heterocycles. The number of carbonyl (C=O) groups is 2. The predicted octanol–water partition coefficient (Wildman–Crippen LogP) is 2.45. The Kier molecular flexibility index (Phi) is 5.41. The van der Waals surface area contributed by atoms with E-state index in [-0.39, 0.29) is 12.3 Å². The van der Waals surface area contributed by atoms with Gasteiger partial charge in [0.15, 0.2) is 11.5 Å². The highest BCUT2D eigenvalue weighted by Crippen LogP contribution is 2.33. The molecule has 3 rings (SSSR count). The van der Waals surface area contributed by atoms with Crippen LogP contribution in [0.3, 0.4) is 0 Å². The van der Waals surface area contributed by atoms with Crippen molar-refractivity contribution in [3.63, 3.8) is 0 Å². The van der Waals surface area contributed by atoms with E-state index in [0.29, 0.717) is 30.2 Å². The quantitative estimate of drug-likeness (QED) is 0.833. The molecule has 1 aromatic heterocycles. The molecule has 0 spiro atoms. The number of benzene rings is 1. The predicted molar refractivity (Wildman–Crippen MR) is 96.7 cm³/mol. The van der Waals surface area contributed by atoms with Gasteiger partial charge < -0.3 is 19.5 Å². The van der Waals surface area contributed by atoms with E-state index in [2.05, 4.69) is 4.98 Å². The minimum Gasteiger partial charge on any atom is -0.493 e. The number of likely N-dealkylation sites (tertiary alicyclic amines) is 1. The van der Waals surface area contributed by atoms with E-state index in [1.165, 1.54) is 16.2 Å². The summed E-state index contributed by atoms with van der Waals surface area (Å²) in [6.45, 7) is 0.489. The average Bonchev–Trinajstić information content (AvgIpc) is 3.30. The zero-order valence-electron chi connectivity index (χ0n) is 14.6. The van der Waals surface area contributed by atoms with Crippen LogP contribution < -0.4 is 9.47 Å². The second-order valence-electron chi connectivity index (χ2n) is 5.97. The van der Waals surface area contributed by atoms with E-state index in [4.69, 9.17) is 9.47 Å². The third kappa shape index (κ3) is 3.65. The molecule has 0 saturated carbocycles. The van der Waals surface area contributed by atoms with Crippen molar-refractivity contribution in [2.45, 2.75) is 25.3 Å². The van der Waals surface area contributed by atoms with Crippen molar-refractivity contribution in [1.29, 1.82) is 0 Å². The van der Waals surface area contributed by atoms with E-state index < -0.39 is 12.0 Å². The summed E-state index contributed by atoms with van der Waals surface area (Å²) in [4.78, 5) is 29.7. The van der Waals surface area contributed by atoms with Gasteiger partial charge in [-0.05, 0) is 31.0 Å². The number of aromatic nitrogens is 1. The van der Waals surface area contributed by atoms with Gasteiger partial charge in [0.2, 0.25) is 5.91 Å². The van der Waals surface area contributed by atoms with Crippen LogP contribution in [0.1, 0.15) is 18.5 Å². The van der Waals surface area contributed by atoms with Crippen LogP contribution in [0, 0.1) is 0 Å². The molecule has 8 heteroatoms. The summed E-state index contributed by atoms with van der Waals surface area (Å²) in [6.07, 6.45) is 1.33. The maximum Gasteiger partial charge on any atom is 0.326 e. The fourth-order valence-electron chi connectivity index (χ4n) is 3.07. The smallest absolute Gasteiger partial charge is 0.326 e. The highest BCUT2D eigenvalue weighted by Gasteiger charge is 2.33. The highest BCUT2D eigenvalue weighted by atomic mass is 32.1. The average molecular weight is 376 g/mol. The first kappa shape index (κ1) is 18.2. The van der Waals surface area contributed by atoms with Crippen molar-refractivity contribution >= 4 is 23.2 Å². The van der Waals surface area contributed by atoms with Gasteiger partial charge in [0.05, 0.1) is 26.3 Å². The topological polar surface area (TPSA) is 89.0 Å². The monoisotopic (exact) mass is 376 g/mol. The van der Waals surface area contributed by atoms with Gasteiger partial charge in [-0.1, -0.05) is 0 Å². The number of carboxylic acid groups (broad SMARTS) is 1. The minimum atomic E-state index is -0.944. The largest absolute Gasteiger partial charge is 0.493 e. The fraction of sp³-hybridized carbons (Fsp3) is 0.389. The first-order chi connectivity index (χ1) is 12.5. The Bertz CT molecular complexity index is 820. The normalized spacial score (nSPS) is 16.5. The van der Waals surface area contributed by atoms with Crippen LogP contribution in [-0.4, -0.2) is 53.7 Å². The molecule has 0 bridgehead atoms. The molecule has 1 aliphatic rings. The Morgan fingerprint density at radius 3 is 2.77 bits per heavy atom. The van der Waals surface area contributed by atoms with Gasteiger partial charge in [0, 0.05) is 17.5 Å². The van der Waals surface area contributed by atoms with Gasteiger partial charge in [-0.2, -0.15) is 0 Å². The molecule has 138 valence electrons. The molecular weight excluding hydrogens is 356 g/mol. The van der Waals surface area contributed by atoms with Crippen molar-refractivity contribution in [3.05, 3.63) is 29.3 Å². The lowest BCUT2D eigenvalue weighted by atomic mass is 10.2. The summed E-state index contributed by atoms with van der Waals surface area (Å²) in [5.74, 6) is 0.107. The minimum absolute atomic E-state index is 0.105. The van der Waals surface area contributed by atoms with E-state index in [1.807, 2.05) is 23.6 Å². The molecule has 1 amide bonds. The molecule has 1 aromatic carbocycles. The maximum absolute atomic E-state index is 12.4. The third-order valence-electron chi connectivity index (χ3n) is 4.37. The second-order valence-corrected chi connectivity index (χ2v) is 6.83. The Morgan fingerprint density at radius 1 is 1.31 bits per heavy atom. The summed E-state index contributed by atoms with van der Waals surface area (Å²) >= 11 is 1.43. The van der Waals surface area contributed by atoms with Crippen LogP contribution in [0.15, 0.2) is 23.6 Å². The van der Waals surface area contributed by atoms with Crippen LogP contribution >= 0.6 is 11.3 Å². The first-order valence-electron chi connectivity index (χ1n) is 8.22. The van der Waals surface area contributed by atoms with Crippen molar-refractivity contribution in [1.82, 2.24) is 9.88 Å². The lowest BCUT2D eigenvalue weighted by Gasteiger charge is -2.20. The molecule has 1 saturated heterocycles. The van der Waals surface area contributed by atoms with Crippen molar-refractivity contribution in [2.75, 3.05) is 20.8 Å².